The number of piperazine rings is 1. The minimum absolute atomic E-state index is 0.0428. The number of ether oxygens (including phenoxy) is 2. The Bertz CT molecular complexity index is 1220. The Kier molecular flexibility index (Phi) is 8.84. The number of carbonyl (C=O) groups excluding carboxylic acids is 1. The number of nitro benzene ring substituents is 1. The van der Waals surface area contributed by atoms with Gasteiger partial charge in [-0.05, 0) is 81.4 Å². The number of hydrogen-bond acceptors (Lipinski definition) is 7. The van der Waals surface area contributed by atoms with Crippen molar-refractivity contribution in [2.24, 2.45) is 5.92 Å². The summed E-state index contributed by atoms with van der Waals surface area (Å²) >= 11 is 0. The zero-order chi connectivity index (χ0) is 29.0. The van der Waals surface area contributed by atoms with Crippen LogP contribution >= 0.6 is 0 Å². The molecule has 2 heterocycles. The first kappa shape index (κ1) is 28.9. The summed E-state index contributed by atoms with van der Waals surface area (Å²) in [6, 6.07) is 7.12. The van der Waals surface area contributed by atoms with Gasteiger partial charge in [0, 0.05) is 50.2 Å². The molecule has 2 saturated carbocycles. The van der Waals surface area contributed by atoms with Gasteiger partial charge in [-0.25, -0.2) is 9.78 Å². The lowest BCUT2D eigenvalue weighted by molar-refractivity contribution is -0.388. The summed E-state index contributed by atoms with van der Waals surface area (Å²) in [5.74, 6) is 0.701. The van der Waals surface area contributed by atoms with Gasteiger partial charge in [0.1, 0.15) is 17.8 Å². The molecule has 0 spiro atoms. The predicted molar refractivity (Wildman–Crippen MR) is 145 cm³/mol. The summed E-state index contributed by atoms with van der Waals surface area (Å²) < 4.78 is 51.8. The quantitative estimate of drug-likeness (QED) is 0.278. The van der Waals surface area contributed by atoms with Gasteiger partial charge in [0.25, 0.3) is 5.69 Å². The van der Waals surface area contributed by atoms with E-state index >= 15 is 0 Å². The first-order valence-corrected chi connectivity index (χ1v) is 14.3. The number of aromatic nitrogens is 1. The highest BCUT2D eigenvalue weighted by Crippen LogP contribution is 2.38. The van der Waals surface area contributed by atoms with Gasteiger partial charge in [-0.2, -0.15) is 13.2 Å². The van der Waals surface area contributed by atoms with Crippen LogP contribution in [0.2, 0.25) is 0 Å². The van der Waals surface area contributed by atoms with Crippen molar-refractivity contribution in [3.8, 4) is 5.88 Å². The van der Waals surface area contributed by atoms with Gasteiger partial charge < -0.3 is 19.3 Å². The predicted octanol–water partition coefficient (Wildman–Crippen LogP) is 6.39. The van der Waals surface area contributed by atoms with E-state index in [-0.39, 0.29) is 24.2 Å². The number of benzene rings is 1. The van der Waals surface area contributed by atoms with Crippen LogP contribution in [0.5, 0.6) is 5.88 Å². The van der Waals surface area contributed by atoms with Gasteiger partial charge >= 0.3 is 12.3 Å². The van der Waals surface area contributed by atoms with Crippen molar-refractivity contribution >= 4 is 17.5 Å². The van der Waals surface area contributed by atoms with Crippen molar-refractivity contribution in [2.45, 2.75) is 76.2 Å². The number of amides is 1. The minimum atomic E-state index is -4.78. The fourth-order valence-electron chi connectivity index (χ4n) is 6.09. The summed E-state index contributed by atoms with van der Waals surface area (Å²) in [7, 11) is 0. The highest BCUT2D eigenvalue weighted by molar-refractivity contribution is 5.68. The average molecular weight is 577 g/mol. The molecule has 1 aromatic carbocycles. The molecular weight excluding hydrogens is 541 g/mol. The molecule has 0 N–H and O–H groups in total. The number of pyridine rings is 1. The zero-order valence-electron chi connectivity index (χ0n) is 22.9. The second-order valence-corrected chi connectivity index (χ2v) is 11.2. The molecule has 0 radical (unpaired) electrons. The molecule has 2 aliphatic carbocycles. The van der Waals surface area contributed by atoms with E-state index in [2.05, 4.69) is 9.88 Å². The normalized spacial score (nSPS) is 22.0. The molecule has 1 aliphatic heterocycles. The number of alkyl halides is 3. The van der Waals surface area contributed by atoms with E-state index < -0.39 is 22.4 Å². The molecule has 0 atom stereocenters. The maximum Gasteiger partial charge on any atom is 0.423 e. The van der Waals surface area contributed by atoms with Crippen molar-refractivity contribution in [2.75, 3.05) is 31.1 Å². The van der Waals surface area contributed by atoms with Crippen molar-refractivity contribution in [3.05, 3.63) is 57.8 Å². The molecule has 222 valence electrons. The van der Waals surface area contributed by atoms with Crippen molar-refractivity contribution in [1.82, 2.24) is 9.88 Å². The smallest absolute Gasteiger partial charge is 0.423 e. The molecule has 9 nitrogen and oxygen atoms in total. The third-order valence-electron chi connectivity index (χ3n) is 8.36. The number of hydrogen-bond donors (Lipinski definition) is 0. The van der Waals surface area contributed by atoms with Gasteiger partial charge in [-0.3, -0.25) is 10.1 Å². The first-order chi connectivity index (χ1) is 19.7. The lowest BCUT2D eigenvalue weighted by Crippen LogP contribution is -2.49. The molecule has 0 bridgehead atoms. The largest absolute Gasteiger partial charge is 0.474 e. The van der Waals surface area contributed by atoms with Gasteiger partial charge in [0.2, 0.25) is 5.88 Å². The van der Waals surface area contributed by atoms with Crippen LogP contribution in [0.1, 0.15) is 62.5 Å². The lowest BCUT2D eigenvalue weighted by atomic mass is 9.83. The van der Waals surface area contributed by atoms with Crippen LogP contribution in [0.4, 0.5) is 29.3 Å². The third kappa shape index (κ3) is 7.39. The molecule has 1 amide bonds. The number of carbonyl (C=O) groups is 1. The highest BCUT2D eigenvalue weighted by atomic mass is 19.4. The monoisotopic (exact) mass is 576 g/mol. The summed E-state index contributed by atoms with van der Waals surface area (Å²) in [5.41, 5.74) is -0.690. The van der Waals surface area contributed by atoms with E-state index in [0.717, 1.165) is 69.2 Å². The van der Waals surface area contributed by atoms with Gasteiger partial charge in [0.05, 0.1) is 4.92 Å². The molecule has 12 heteroatoms. The second kappa shape index (κ2) is 12.5. The van der Waals surface area contributed by atoms with Crippen LogP contribution in [-0.2, 0) is 17.3 Å². The summed E-state index contributed by atoms with van der Waals surface area (Å²) in [4.78, 5) is 30.8. The highest BCUT2D eigenvalue weighted by Gasteiger charge is 2.38. The van der Waals surface area contributed by atoms with Crippen molar-refractivity contribution in [3.63, 3.8) is 0 Å². The Labute approximate surface area is 236 Å². The van der Waals surface area contributed by atoms with E-state index in [9.17, 15) is 28.1 Å². The Morgan fingerprint density at radius 1 is 0.976 bits per heavy atom. The van der Waals surface area contributed by atoms with Crippen molar-refractivity contribution < 1.29 is 32.4 Å². The average Bonchev–Trinajstić information content (AvgIpc) is 3.47. The molecular formula is C29H35F3N4O5. The van der Waals surface area contributed by atoms with Crippen LogP contribution in [0, 0.1) is 16.0 Å². The van der Waals surface area contributed by atoms with Crippen LogP contribution in [0.15, 0.2) is 36.5 Å². The Morgan fingerprint density at radius 3 is 2.34 bits per heavy atom. The van der Waals surface area contributed by atoms with Crippen molar-refractivity contribution in [1.29, 1.82) is 0 Å². The summed E-state index contributed by atoms with van der Waals surface area (Å²) in [6.07, 6.45) is 4.36. The molecule has 5 rings (SSSR count). The third-order valence-corrected chi connectivity index (χ3v) is 8.36. The van der Waals surface area contributed by atoms with E-state index in [0.29, 0.717) is 44.0 Å². The number of rotatable bonds is 7. The van der Waals surface area contributed by atoms with Gasteiger partial charge in [-0.15, -0.1) is 0 Å². The number of nitro groups is 1. The Hall–Kier alpha value is -3.57. The number of nitrogens with zero attached hydrogens (tertiary/aromatic N) is 4. The molecule has 3 aliphatic rings. The first-order valence-electron chi connectivity index (χ1n) is 14.3. The molecule has 3 fully saturated rings. The van der Waals surface area contributed by atoms with E-state index in [1.165, 1.54) is 6.07 Å². The number of anilines is 1. The molecule has 41 heavy (non-hydrogen) atoms. The van der Waals surface area contributed by atoms with Gasteiger partial charge in [-0.1, -0.05) is 6.07 Å². The fraction of sp³-hybridized carbons (Fsp3) is 0.586. The molecule has 2 aromatic rings. The fourth-order valence-corrected chi connectivity index (χ4v) is 6.09. The van der Waals surface area contributed by atoms with Gasteiger partial charge in [0.15, 0.2) is 0 Å². The SMILES string of the molecule is O=C(OC1CCCC1)N1CCN(c2ccnc(OC3CCC(Cc4ccc([N+](=O)[O-])c(C(F)(F)F)c4)CC3)c2)CC1. The molecule has 0 unspecified atom stereocenters. The van der Waals surface area contributed by atoms with E-state index in [4.69, 9.17) is 9.47 Å². The van der Waals surface area contributed by atoms with E-state index in [1.54, 1.807) is 11.1 Å². The zero-order valence-corrected chi connectivity index (χ0v) is 22.9. The van der Waals surface area contributed by atoms with E-state index in [1.807, 2.05) is 12.1 Å². The van der Waals surface area contributed by atoms with Crippen LogP contribution < -0.4 is 9.64 Å². The number of halogens is 3. The Morgan fingerprint density at radius 2 is 1.68 bits per heavy atom. The molecule has 1 aromatic heterocycles. The van der Waals surface area contributed by atoms with Crippen LogP contribution in [0.3, 0.4) is 0 Å². The minimum Gasteiger partial charge on any atom is -0.474 e. The topological polar surface area (TPSA) is 98.0 Å². The summed E-state index contributed by atoms with van der Waals surface area (Å²) in [5, 5.41) is 11.0. The van der Waals surface area contributed by atoms with Crippen LogP contribution in [0.25, 0.3) is 0 Å². The maximum absolute atomic E-state index is 13.3. The second-order valence-electron chi connectivity index (χ2n) is 11.2. The van der Waals surface area contributed by atoms with Crippen LogP contribution in [-0.4, -0.2) is 59.3 Å². The molecule has 1 saturated heterocycles. The lowest BCUT2D eigenvalue weighted by Gasteiger charge is -2.36. The Balaban J connectivity index is 1.09. The standard InChI is InChI=1S/C29H35F3N4O5/c30-29(31,32)25-18-21(7-10-26(25)36(38)39)17-20-5-8-24(9-6-20)40-27-19-22(11-12-33-27)34-13-15-35(16-14-34)28(37)41-23-3-1-2-4-23/h7,10-12,18-20,23-24H,1-6,8-9,13-17H2. The maximum atomic E-state index is 13.3. The summed E-state index contributed by atoms with van der Waals surface area (Å²) in [6.45, 7) is 2.56.